The van der Waals surface area contributed by atoms with Crippen LogP contribution in [0.3, 0.4) is 0 Å². The van der Waals surface area contributed by atoms with E-state index in [1.807, 2.05) is 31.2 Å². The lowest BCUT2D eigenvalue weighted by Crippen LogP contribution is -2.43. The molecule has 4 heteroatoms. The third-order valence-electron chi connectivity index (χ3n) is 5.92. The maximum absolute atomic E-state index is 12.8. The third-order valence-corrected chi connectivity index (χ3v) is 5.92. The second-order valence-corrected chi connectivity index (χ2v) is 7.78. The highest BCUT2D eigenvalue weighted by atomic mass is 16.5. The molecule has 1 aromatic carbocycles. The SMILES string of the molecule is Cc1cccc(C(=O)N2C[C@H]3CN(C[C@@H]4CCCO4)CC[C@H]3C2)c1. The molecule has 3 aliphatic heterocycles. The summed E-state index contributed by atoms with van der Waals surface area (Å²) in [5.41, 5.74) is 1.99. The van der Waals surface area contributed by atoms with Crippen molar-refractivity contribution in [2.75, 3.05) is 39.3 Å². The van der Waals surface area contributed by atoms with Gasteiger partial charge in [0.25, 0.3) is 5.91 Å². The monoisotopic (exact) mass is 328 g/mol. The summed E-state index contributed by atoms with van der Waals surface area (Å²) in [7, 11) is 0. The molecule has 3 atom stereocenters. The highest BCUT2D eigenvalue weighted by molar-refractivity contribution is 5.94. The van der Waals surface area contributed by atoms with Gasteiger partial charge in [-0.15, -0.1) is 0 Å². The number of ether oxygens (including phenoxy) is 1. The Bertz CT molecular complexity index is 597. The molecule has 3 saturated heterocycles. The van der Waals surface area contributed by atoms with Gasteiger partial charge in [0, 0.05) is 38.3 Å². The highest BCUT2D eigenvalue weighted by Gasteiger charge is 2.39. The van der Waals surface area contributed by atoms with Crippen LogP contribution in [-0.4, -0.2) is 61.1 Å². The Kier molecular flexibility index (Phi) is 4.59. The van der Waals surface area contributed by atoms with Crippen molar-refractivity contribution in [2.45, 2.75) is 32.3 Å². The number of piperidine rings is 1. The van der Waals surface area contributed by atoms with Crippen molar-refractivity contribution >= 4 is 5.91 Å². The molecule has 0 bridgehead atoms. The molecule has 3 fully saturated rings. The second kappa shape index (κ2) is 6.85. The minimum absolute atomic E-state index is 0.207. The Labute approximate surface area is 144 Å². The zero-order valence-corrected chi connectivity index (χ0v) is 14.6. The van der Waals surface area contributed by atoms with Gasteiger partial charge in [-0.05, 0) is 56.7 Å². The Morgan fingerprint density at radius 3 is 2.88 bits per heavy atom. The molecule has 3 aliphatic rings. The summed E-state index contributed by atoms with van der Waals surface area (Å²) in [5, 5.41) is 0. The molecule has 0 radical (unpaired) electrons. The fraction of sp³-hybridized carbons (Fsp3) is 0.650. The third kappa shape index (κ3) is 3.35. The first-order valence-corrected chi connectivity index (χ1v) is 9.39. The number of hydrogen-bond acceptors (Lipinski definition) is 3. The van der Waals surface area contributed by atoms with Crippen LogP contribution in [0.25, 0.3) is 0 Å². The van der Waals surface area contributed by atoms with Crippen LogP contribution in [0.4, 0.5) is 0 Å². The van der Waals surface area contributed by atoms with Gasteiger partial charge in [0.15, 0.2) is 0 Å². The van der Waals surface area contributed by atoms with E-state index in [1.165, 1.54) is 19.3 Å². The first-order chi connectivity index (χ1) is 11.7. The maximum Gasteiger partial charge on any atom is 0.253 e. The molecule has 0 aliphatic carbocycles. The average molecular weight is 328 g/mol. The predicted molar refractivity (Wildman–Crippen MR) is 94.1 cm³/mol. The van der Waals surface area contributed by atoms with Crippen molar-refractivity contribution in [1.82, 2.24) is 9.80 Å². The number of aryl methyl sites for hydroxylation is 1. The van der Waals surface area contributed by atoms with E-state index in [9.17, 15) is 4.79 Å². The molecule has 0 spiro atoms. The molecule has 1 aromatic rings. The van der Waals surface area contributed by atoms with Gasteiger partial charge < -0.3 is 14.5 Å². The molecular weight excluding hydrogens is 300 g/mol. The van der Waals surface area contributed by atoms with Gasteiger partial charge >= 0.3 is 0 Å². The van der Waals surface area contributed by atoms with Crippen LogP contribution in [-0.2, 0) is 4.74 Å². The van der Waals surface area contributed by atoms with Crippen LogP contribution in [0, 0.1) is 18.8 Å². The molecule has 0 unspecified atom stereocenters. The number of hydrogen-bond donors (Lipinski definition) is 0. The van der Waals surface area contributed by atoms with Gasteiger partial charge in [0.1, 0.15) is 0 Å². The number of rotatable bonds is 3. The van der Waals surface area contributed by atoms with Crippen LogP contribution in [0.1, 0.15) is 35.2 Å². The number of fused-ring (bicyclic) bond motifs is 1. The molecular formula is C20H28N2O2. The normalized spacial score (nSPS) is 30.5. The van der Waals surface area contributed by atoms with Crippen molar-refractivity contribution in [3.63, 3.8) is 0 Å². The van der Waals surface area contributed by atoms with Gasteiger partial charge in [0.05, 0.1) is 6.10 Å². The summed E-state index contributed by atoms with van der Waals surface area (Å²) in [6.07, 6.45) is 4.08. The van der Waals surface area contributed by atoms with E-state index < -0.39 is 0 Å². The number of benzene rings is 1. The van der Waals surface area contributed by atoms with Crippen molar-refractivity contribution in [3.05, 3.63) is 35.4 Å². The van der Waals surface area contributed by atoms with E-state index in [-0.39, 0.29) is 5.91 Å². The largest absolute Gasteiger partial charge is 0.377 e. The Balaban J connectivity index is 1.36. The molecule has 0 N–H and O–H groups in total. The average Bonchev–Trinajstić information content (AvgIpc) is 3.23. The molecule has 3 heterocycles. The summed E-state index contributed by atoms with van der Waals surface area (Å²) in [6, 6.07) is 7.98. The molecule has 4 rings (SSSR count). The number of amides is 1. The quantitative estimate of drug-likeness (QED) is 0.855. The summed E-state index contributed by atoms with van der Waals surface area (Å²) < 4.78 is 5.79. The molecule has 0 aromatic heterocycles. The van der Waals surface area contributed by atoms with Crippen molar-refractivity contribution < 1.29 is 9.53 Å². The van der Waals surface area contributed by atoms with Crippen LogP contribution in [0.5, 0.6) is 0 Å². The summed E-state index contributed by atoms with van der Waals surface area (Å²) >= 11 is 0. The topological polar surface area (TPSA) is 32.8 Å². The van der Waals surface area contributed by atoms with Crippen molar-refractivity contribution in [3.8, 4) is 0 Å². The van der Waals surface area contributed by atoms with E-state index in [0.29, 0.717) is 17.9 Å². The fourth-order valence-corrected chi connectivity index (χ4v) is 4.61. The Morgan fingerprint density at radius 1 is 1.21 bits per heavy atom. The number of carbonyl (C=O) groups is 1. The number of likely N-dealkylation sites (tertiary alicyclic amines) is 2. The van der Waals surface area contributed by atoms with Gasteiger partial charge in [0.2, 0.25) is 0 Å². The smallest absolute Gasteiger partial charge is 0.253 e. The highest BCUT2D eigenvalue weighted by Crippen LogP contribution is 2.32. The maximum atomic E-state index is 12.8. The molecule has 4 nitrogen and oxygen atoms in total. The van der Waals surface area contributed by atoms with Gasteiger partial charge in [-0.2, -0.15) is 0 Å². The minimum atomic E-state index is 0.207. The predicted octanol–water partition coefficient (Wildman–Crippen LogP) is 2.57. The standard InChI is InChI=1S/C20H28N2O2/c1-15-4-2-5-16(10-15)20(23)22-12-17-7-8-21(11-18(17)13-22)14-19-6-3-9-24-19/h2,4-5,10,17-19H,3,6-9,11-14H2,1H3/t17-,18+,19-/m0/s1. The van der Waals surface area contributed by atoms with Gasteiger partial charge in [-0.3, -0.25) is 4.79 Å². The lowest BCUT2D eigenvalue weighted by Gasteiger charge is -2.35. The van der Waals surface area contributed by atoms with E-state index in [0.717, 1.165) is 50.5 Å². The Hall–Kier alpha value is -1.39. The molecule has 0 saturated carbocycles. The summed E-state index contributed by atoms with van der Waals surface area (Å²) in [4.78, 5) is 17.4. The van der Waals surface area contributed by atoms with E-state index in [2.05, 4.69) is 9.80 Å². The lowest BCUT2D eigenvalue weighted by molar-refractivity contribution is 0.0506. The van der Waals surface area contributed by atoms with Crippen molar-refractivity contribution in [1.29, 1.82) is 0 Å². The minimum Gasteiger partial charge on any atom is -0.377 e. The van der Waals surface area contributed by atoms with Crippen LogP contribution in [0.15, 0.2) is 24.3 Å². The summed E-state index contributed by atoms with van der Waals surface area (Å²) in [5.74, 6) is 1.52. The number of carbonyl (C=O) groups excluding carboxylic acids is 1. The molecule has 1 amide bonds. The fourth-order valence-electron chi connectivity index (χ4n) is 4.61. The molecule has 130 valence electrons. The first-order valence-electron chi connectivity index (χ1n) is 9.39. The van der Waals surface area contributed by atoms with Gasteiger partial charge in [-0.25, -0.2) is 0 Å². The zero-order chi connectivity index (χ0) is 16.5. The Morgan fingerprint density at radius 2 is 2.08 bits per heavy atom. The number of nitrogens with zero attached hydrogens (tertiary/aromatic N) is 2. The van der Waals surface area contributed by atoms with E-state index in [4.69, 9.17) is 4.74 Å². The first kappa shape index (κ1) is 16.1. The van der Waals surface area contributed by atoms with Crippen LogP contribution < -0.4 is 0 Å². The van der Waals surface area contributed by atoms with E-state index in [1.54, 1.807) is 0 Å². The molecule has 24 heavy (non-hydrogen) atoms. The lowest BCUT2D eigenvalue weighted by atomic mass is 9.88. The van der Waals surface area contributed by atoms with Crippen LogP contribution in [0.2, 0.25) is 0 Å². The van der Waals surface area contributed by atoms with E-state index >= 15 is 0 Å². The van der Waals surface area contributed by atoms with Crippen molar-refractivity contribution in [2.24, 2.45) is 11.8 Å². The second-order valence-electron chi connectivity index (χ2n) is 7.78. The van der Waals surface area contributed by atoms with Crippen LogP contribution >= 0.6 is 0 Å². The van der Waals surface area contributed by atoms with Gasteiger partial charge in [-0.1, -0.05) is 17.7 Å². The zero-order valence-electron chi connectivity index (χ0n) is 14.6. The summed E-state index contributed by atoms with van der Waals surface area (Å²) in [6.45, 7) is 8.20.